The Bertz CT molecular complexity index is 533. The first-order valence-electron chi connectivity index (χ1n) is 6.15. The zero-order valence-corrected chi connectivity index (χ0v) is 13.3. The van der Waals surface area contributed by atoms with Crippen molar-refractivity contribution in [3.05, 3.63) is 82.6 Å². The van der Waals surface area contributed by atoms with Gasteiger partial charge in [0.05, 0.1) is 0 Å². The number of benzene rings is 2. The molecule has 0 bridgehead atoms. The van der Waals surface area contributed by atoms with E-state index in [9.17, 15) is 0 Å². The van der Waals surface area contributed by atoms with Gasteiger partial charge in [-0.1, -0.05) is 96.4 Å². The Labute approximate surface area is 134 Å². The first-order valence-corrected chi connectivity index (χ1v) is 8.32. The predicted molar refractivity (Wildman–Crippen MR) is 98.7 cm³/mol. The molecule has 0 atom stereocenters. The van der Waals surface area contributed by atoms with Crippen LogP contribution in [-0.4, -0.2) is 3.53 Å². The Hall–Kier alpha value is -1.29. The summed E-state index contributed by atoms with van der Waals surface area (Å²) in [5.74, 6) is 0. The molecule has 0 aromatic heterocycles. The normalized spacial score (nSPS) is 11.2. The van der Waals surface area contributed by atoms with Crippen molar-refractivity contribution in [2.45, 2.75) is 0 Å². The number of thiocarbonyl (C=S) groups is 1. The molecule has 2 aromatic carbocycles. The van der Waals surface area contributed by atoms with Crippen molar-refractivity contribution in [1.29, 1.82) is 0 Å². The summed E-state index contributed by atoms with van der Waals surface area (Å²) in [5, 5.41) is 4.06. The SMILES string of the molecule is S=C(SC=Cc1ccccc1)SC=Cc1ccccc1. The molecule has 0 unspecified atom stereocenters. The van der Waals surface area contributed by atoms with Crippen molar-refractivity contribution in [2.24, 2.45) is 0 Å². The monoisotopic (exact) mass is 314 g/mol. The number of hydrogen-bond acceptors (Lipinski definition) is 3. The second-order valence-corrected chi connectivity index (χ2v) is 6.93. The molecule has 2 aromatic rings. The molecule has 100 valence electrons. The molecule has 20 heavy (non-hydrogen) atoms. The van der Waals surface area contributed by atoms with Crippen molar-refractivity contribution >= 4 is 51.4 Å². The summed E-state index contributed by atoms with van der Waals surface area (Å²) in [6.45, 7) is 0. The van der Waals surface area contributed by atoms with Crippen LogP contribution in [0.5, 0.6) is 0 Å². The van der Waals surface area contributed by atoms with Crippen LogP contribution in [-0.2, 0) is 0 Å². The van der Waals surface area contributed by atoms with E-state index in [1.54, 1.807) is 23.5 Å². The van der Waals surface area contributed by atoms with Gasteiger partial charge in [-0.05, 0) is 34.1 Å². The van der Waals surface area contributed by atoms with E-state index in [0.717, 1.165) is 3.53 Å². The maximum Gasteiger partial charge on any atom is 0.112 e. The van der Waals surface area contributed by atoms with Crippen molar-refractivity contribution in [3.8, 4) is 0 Å². The van der Waals surface area contributed by atoms with Gasteiger partial charge in [-0.25, -0.2) is 0 Å². The molecular formula is C17H14S3. The lowest BCUT2D eigenvalue weighted by molar-refractivity contribution is 1.67. The van der Waals surface area contributed by atoms with Gasteiger partial charge in [-0.2, -0.15) is 0 Å². The standard InChI is InChI=1S/C17H14S3/c18-17(19-13-11-15-7-3-1-4-8-15)20-14-12-16-9-5-2-6-10-16/h1-14H. The number of rotatable bonds is 4. The largest absolute Gasteiger partial charge is 0.112 e. The van der Waals surface area contributed by atoms with Crippen LogP contribution in [0.3, 0.4) is 0 Å². The third kappa shape index (κ3) is 5.78. The van der Waals surface area contributed by atoms with E-state index >= 15 is 0 Å². The molecule has 0 saturated heterocycles. The van der Waals surface area contributed by atoms with Gasteiger partial charge < -0.3 is 0 Å². The first kappa shape index (κ1) is 15.1. The fourth-order valence-corrected chi connectivity index (χ4v) is 3.05. The molecule has 0 amide bonds. The minimum absolute atomic E-state index is 0.893. The van der Waals surface area contributed by atoms with E-state index in [1.807, 2.05) is 47.2 Å². The Morgan fingerprint density at radius 3 is 1.50 bits per heavy atom. The second-order valence-electron chi connectivity index (χ2n) is 3.91. The van der Waals surface area contributed by atoms with Crippen LogP contribution < -0.4 is 0 Å². The molecule has 2 rings (SSSR count). The highest BCUT2D eigenvalue weighted by molar-refractivity contribution is 8.49. The molecule has 0 aliphatic heterocycles. The van der Waals surface area contributed by atoms with E-state index < -0.39 is 0 Å². The zero-order chi connectivity index (χ0) is 14.0. The van der Waals surface area contributed by atoms with Gasteiger partial charge in [0.2, 0.25) is 0 Å². The maximum atomic E-state index is 5.31. The van der Waals surface area contributed by atoms with Gasteiger partial charge in [-0.3, -0.25) is 0 Å². The van der Waals surface area contributed by atoms with Gasteiger partial charge in [0.1, 0.15) is 3.53 Å². The fraction of sp³-hybridized carbons (Fsp3) is 0. The molecule has 0 heterocycles. The van der Waals surface area contributed by atoms with Crippen molar-refractivity contribution in [2.75, 3.05) is 0 Å². The van der Waals surface area contributed by atoms with Crippen LogP contribution in [0.4, 0.5) is 0 Å². The molecule has 0 nitrogen and oxygen atoms in total. The molecule has 0 aliphatic rings. The van der Waals surface area contributed by atoms with Gasteiger partial charge >= 0.3 is 0 Å². The Morgan fingerprint density at radius 1 is 0.700 bits per heavy atom. The lowest BCUT2D eigenvalue weighted by Gasteiger charge is -1.95. The van der Waals surface area contributed by atoms with Crippen LogP contribution in [0.25, 0.3) is 12.2 Å². The van der Waals surface area contributed by atoms with Crippen molar-refractivity contribution < 1.29 is 0 Å². The van der Waals surface area contributed by atoms with Crippen LogP contribution in [0.15, 0.2) is 71.5 Å². The molecular weight excluding hydrogens is 300 g/mol. The average Bonchev–Trinajstić information content (AvgIpc) is 2.49. The highest BCUT2D eigenvalue weighted by Crippen LogP contribution is 2.21. The molecule has 0 N–H and O–H groups in total. The van der Waals surface area contributed by atoms with E-state index in [-0.39, 0.29) is 0 Å². The van der Waals surface area contributed by atoms with Crippen LogP contribution in [0.1, 0.15) is 11.1 Å². The van der Waals surface area contributed by atoms with Gasteiger partial charge in [0.15, 0.2) is 0 Å². The summed E-state index contributed by atoms with van der Waals surface area (Å²) >= 11 is 8.45. The second kappa shape index (κ2) is 8.80. The zero-order valence-electron chi connectivity index (χ0n) is 10.8. The summed E-state index contributed by atoms with van der Waals surface area (Å²) in [4.78, 5) is 0. The summed E-state index contributed by atoms with van der Waals surface area (Å²) in [6.07, 6.45) is 4.14. The summed E-state index contributed by atoms with van der Waals surface area (Å²) in [7, 11) is 0. The van der Waals surface area contributed by atoms with E-state index in [0.29, 0.717) is 0 Å². The smallest absolute Gasteiger partial charge is 0.0791 e. The minimum atomic E-state index is 0.893. The quantitative estimate of drug-likeness (QED) is 0.628. The van der Waals surface area contributed by atoms with E-state index in [1.165, 1.54) is 11.1 Å². The van der Waals surface area contributed by atoms with Crippen LogP contribution in [0, 0.1) is 0 Å². The topological polar surface area (TPSA) is 0 Å². The Morgan fingerprint density at radius 2 is 1.10 bits per heavy atom. The van der Waals surface area contributed by atoms with Gasteiger partial charge in [0.25, 0.3) is 0 Å². The van der Waals surface area contributed by atoms with Crippen LogP contribution in [0.2, 0.25) is 0 Å². The molecule has 0 spiro atoms. The number of thioether (sulfide) groups is 2. The molecule has 3 heteroatoms. The third-order valence-electron chi connectivity index (χ3n) is 2.45. The van der Waals surface area contributed by atoms with E-state index in [4.69, 9.17) is 12.2 Å². The number of hydrogen-bond donors (Lipinski definition) is 0. The first-order chi connectivity index (χ1) is 9.84. The lowest BCUT2D eigenvalue weighted by atomic mass is 10.2. The highest BCUT2D eigenvalue weighted by Gasteiger charge is 1.92. The maximum absolute atomic E-state index is 5.31. The molecule has 0 radical (unpaired) electrons. The van der Waals surface area contributed by atoms with Crippen LogP contribution >= 0.6 is 35.7 Å². The van der Waals surface area contributed by atoms with E-state index in [2.05, 4.69) is 36.4 Å². The third-order valence-corrected chi connectivity index (χ3v) is 4.53. The lowest BCUT2D eigenvalue weighted by Crippen LogP contribution is -1.73. The van der Waals surface area contributed by atoms with Crippen molar-refractivity contribution in [3.63, 3.8) is 0 Å². The Kier molecular flexibility index (Phi) is 6.64. The fourth-order valence-electron chi connectivity index (χ4n) is 1.49. The molecule has 0 saturated carbocycles. The molecule has 0 fully saturated rings. The summed E-state index contributed by atoms with van der Waals surface area (Å²) < 4.78 is 0.893. The Balaban J connectivity index is 1.76. The average molecular weight is 315 g/mol. The summed E-state index contributed by atoms with van der Waals surface area (Å²) in [5.41, 5.74) is 2.38. The molecule has 0 aliphatic carbocycles. The van der Waals surface area contributed by atoms with Crippen molar-refractivity contribution in [1.82, 2.24) is 0 Å². The minimum Gasteiger partial charge on any atom is -0.0791 e. The predicted octanol–water partition coefficient (Wildman–Crippen LogP) is 6.08. The highest BCUT2D eigenvalue weighted by atomic mass is 32.2. The van der Waals surface area contributed by atoms with Gasteiger partial charge in [-0.15, -0.1) is 0 Å². The van der Waals surface area contributed by atoms with Gasteiger partial charge in [0, 0.05) is 0 Å². The summed E-state index contributed by atoms with van der Waals surface area (Å²) in [6, 6.07) is 20.4.